The van der Waals surface area contributed by atoms with Crippen molar-refractivity contribution >= 4 is 0 Å². The Balaban J connectivity index is 1.98. The van der Waals surface area contributed by atoms with E-state index in [-0.39, 0.29) is 6.61 Å². The number of piperazine rings is 1. The normalized spacial score (nSPS) is 20.1. The van der Waals surface area contributed by atoms with E-state index < -0.39 is 0 Å². The van der Waals surface area contributed by atoms with Gasteiger partial charge in [0.2, 0.25) is 0 Å². The van der Waals surface area contributed by atoms with E-state index in [1.807, 2.05) is 0 Å². The van der Waals surface area contributed by atoms with Gasteiger partial charge in [-0.05, 0) is 6.54 Å². The maximum absolute atomic E-state index is 8.59. The van der Waals surface area contributed by atoms with Gasteiger partial charge in [0.25, 0.3) is 0 Å². The summed E-state index contributed by atoms with van der Waals surface area (Å²) < 4.78 is 0. The lowest BCUT2D eigenvalue weighted by atomic mass is 10.3. The summed E-state index contributed by atoms with van der Waals surface area (Å²) in [4.78, 5) is 4.97. The first-order valence-electron chi connectivity index (χ1n) is 5.63. The van der Waals surface area contributed by atoms with E-state index in [2.05, 4.69) is 22.0 Å². The van der Waals surface area contributed by atoms with Crippen LogP contribution in [-0.4, -0.2) is 73.9 Å². The first kappa shape index (κ1) is 11.9. The molecule has 0 unspecified atom stereocenters. The molecule has 0 aromatic heterocycles. The number of rotatable bonds is 6. The van der Waals surface area contributed by atoms with Gasteiger partial charge in [-0.25, -0.2) is 0 Å². The van der Waals surface area contributed by atoms with Crippen LogP contribution in [0.3, 0.4) is 0 Å². The van der Waals surface area contributed by atoms with Crippen molar-refractivity contribution in [2.45, 2.75) is 6.92 Å². The van der Waals surface area contributed by atoms with Gasteiger partial charge >= 0.3 is 0 Å². The largest absolute Gasteiger partial charge is 0.395 e. The molecular weight excluding hydrogens is 178 g/mol. The third kappa shape index (κ3) is 4.37. The molecule has 0 atom stereocenters. The number of nitrogens with one attached hydrogen (secondary N) is 1. The van der Waals surface area contributed by atoms with E-state index in [1.165, 1.54) is 32.7 Å². The highest BCUT2D eigenvalue weighted by molar-refractivity contribution is 4.71. The van der Waals surface area contributed by atoms with Crippen LogP contribution in [0, 0.1) is 0 Å². The summed E-state index contributed by atoms with van der Waals surface area (Å²) in [5.74, 6) is 0. The number of hydrogen-bond donors (Lipinski definition) is 2. The average molecular weight is 201 g/mol. The van der Waals surface area contributed by atoms with E-state index in [4.69, 9.17) is 5.11 Å². The molecule has 0 bridgehead atoms. The third-order valence-electron chi connectivity index (χ3n) is 2.81. The summed E-state index contributed by atoms with van der Waals surface area (Å²) in [6, 6.07) is 0. The Morgan fingerprint density at radius 2 is 1.71 bits per heavy atom. The Hall–Kier alpha value is -0.160. The van der Waals surface area contributed by atoms with Gasteiger partial charge < -0.3 is 15.3 Å². The molecular formula is C10H23N3O. The van der Waals surface area contributed by atoms with Crippen molar-refractivity contribution in [2.24, 2.45) is 0 Å². The molecule has 0 amide bonds. The molecule has 2 N–H and O–H groups in total. The molecule has 1 aliphatic rings. The smallest absolute Gasteiger partial charge is 0.0555 e. The summed E-state index contributed by atoms with van der Waals surface area (Å²) >= 11 is 0. The highest BCUT2D eigenvalue weighted by Crippen LogP contribution is 1.99. The number of likely N-dealkylation sites (N-methyl/N-ethyl adjacent to an activating group) is 1. The molecule has 1 heterocycles. The topological polar surface area (TPSA) is 38.7 Å². The first-order valence-corrected chi connectivity index (χ1v) is 5.63. The van der Waals surface area contributed by atoms with Gasteiger partial charge in [0.1, 0.15) is 0 Å². The number of aliphatic hydroxyl groups excluding tert-OH is 1. The molecule has 0 aliphatic carbocycles. The van der Waals surface area contributed by atoms with Crippen LogP contribution < -0.4 is 5.32 Å². The van der Waals surface area contributed by atoms with E-state index >= 15 is 0 Å². The van der Waals surface area contributed by atoms with Gasteiger partial charge in [0.05, 0.1) is 6.61 Å². The van der Waals surface area contributed by atoms with E-state index in [0.717, 1.165) is 19.6 Å². The van der Waals surface area contributed by atoms with E-state index in [0.29, 0.717) is 0 Å². The first-order chi connectivity index (χ1) is 6.86. The quantitative estimate of drug-likeness (QED) is 0.552. The monoisotopic (exact) mass is 201 g/mol. The van der Waals surface area contributed by atoms with Crippen LogP contribution in [-0.2, 0) is 0 Å². The molecule has 0 saturated carbocycles. The molecule has 0 aromatic rings. The molecule has 1 fully saturated rings. The zero-order valence-electron chi connectivity index (χ0n) is 9.21. The molecule has 4 heteroatoms. The van der Waals surface area contributed by atoms with Crippen molar-refractivity contribution in [2.75, 3.05) is 59.0 Å². The summed E-state index contributed by atoms with van der Waals surface area (Å²) in [6.45, 7) is 11.2. The second-order valence-electron chi connectivity index (χ2n) is 3.75. The molecule has 0 spiro atoms. The Labute approximate surface area is 86.9 Å². The second-order valence-corrected chi connectivity index (χ2v) is 3.75. The van der Waals surface area contributed by atoms with Crippen LogP contribution in [0.25, 0.3) is 0 Å². The standard InChI is InChI=1S/C10H23N3O/c1-2-12-6-8-13(9-7-12)5-3-11-4-10-14/h11,14H,2-10H2,1H3. The van der Waals surface area contributed by atoms with Crippen molar-refractivity contribution < 1.29 is 5.11 Å². The zero-order valence-corrected chi connectivity index (χ0v) is 9.21. The molecule has 1 rings (SSSR count). The minimum absolute atomic E-state index is 0.240. The fourth-order valence-electron chi connectivity index (χ4n) is 1.77. The molecule has 0 radical (unpaired) electrons. The Bertz CT molecular complexity index is 135. The summed E-state index contributed by atoms with van der Waals surface area (Å²) in [5.41, 5.74) is 0. The van der Waals surface area contributed by atoms with Crippen LogP contribution in [0.2, 0.25) is 0 Å². The van der Waals surface area contributed by atoms with Gasteiger partial charge in [-0.1, -0.05) is 6.92 Å². The van der Waals surface area contributed by atoms with Gasteiger partial charge in [-0.2, -0.15) is 0 Å². The van der Waals surface area contributed by atoms with E-state index in [1.54, 1.807) is 0 Å². The predicted octanol–water partition coefficient (Wildman–Crippen LogP) is -0.794. The maximum atomic E-state index is 8.59. The minimum atomic E-state index is 0.240. The molecule has 0 aromatic carbocycles. The summed E-state index contributed by atoms with van der Waals surface area (Å²) in [7, 11) is 0. The van der Waals surface area contributed by atoms with Crippen molar-refractivity contribution in [1.29, 1.82) is 0 Å². The average Bonchev–Trinajstić information content (AvgIpc) is 2.25. The van der Waals surface area contributed by atoms with Crippen molar-refractivity contribution in [3.63, 3.8) is 0 Å². The van der Waals surface area contributed by atoms with Crippen LogP contribution in [0.5, 0.6) is 0 Å². The van der Waals surface area contributed by atoms with E-state index in [9.17, 15) is 0 Å². The number of nitrogens with zero attached hydrogens (tertiary/aromatic N) is 2. The van der Waals surface area contributed by atoms with Crippen LogP contribution in [0.4, 0.5) is 0 Å². The Kier molecular flexibility index (Phi) is 6.10. The maximum Gasteiger partial charge on any atom is 0.0555 e. The molecule has 1 saturated heterocycles. The van der Waals surface area contributed by atoms with Gasteiger partial charge in [-0.3, -0.25) is 4.90 Å². The minimum Gasteiger partial charge on any atom is -0.395 e. The van der Waals surface area contributed by atoms with Crippen LogP contribution in [0.1, 0.15) is 6.92 Å². The van der Waals surface area contributed by atoms with Crippen molar-refractivity contribution in [1.82, 2.24) is 15.1 Å². The lowest BCUT2D eigenvalue weighted by molar-refractivity contribution is 0.137. The third-order valence-corrected chi connectivity index (χ3v) is 2.81. The molecule has 4 nitrogen and oxygen atoms in total. The second kappa shape index (κ2) is 7.17. The summed E-state index contributed by atoms with van der Waals surface area (Å²) in [5, 5.41) is 11.8. The lowest BCUT2D eigenvalue weighted by Gasteiger charge is -2.33. The Morgan fingerprint density at radius 1 is 1.07 bits per heavy atom. The number of hydrogen-bond acceptors (Lipinski definition) is 4. The fourth-order valence-corrected chi connectivity index (χ4v) is 1.77. The lowest BCUT2D eigenvalue weighted by Crippen LogP contribution is -2.47. The van der Waals surface area contributed by atoms with Gasteiger partial charge in [0, 0.05) is 45.8 Å². The number of aliphatic hydroxyl groups is 1. The van der Waals surface area contributed by atoms with Crippen LogP contribution in [0.15, 0.2) is 0 Å². The highest BCUT2D eigenvalue weighted by Gasteiger charge is 2.14. The summed E-state index contributed by atoms with van der Waals surface area (Å²) in [6.07, 6.45) is 0. The van der Waals surface area contributed by atoms with Crippen molar-refractivity contribution in [3.8, 4) is 0 Å². The van der Waals surface area contributed by atoms with Crippen LogP contribution >= 0.6 is 0 Å². The molecule has 14 heavy (non-hydrogen) atoms. The molecule has 84 valence electrons. The predicted molar refractivity (Wildman–Crippen MR) is 58.5 cm³/mol. The zero-order chi connectivity index (χ0) is 10.2. The fraction of sp³-hybridized carbons (Fsp3) is 1.00. The van der Waals surface area contributed by atoms with Crippen molar-refractivity contribution in [3.05, 3.63) is 0 Å². The Morgan fingerprint density at radius 3 is 2.29 bits per heavy atom. The van der Waals surface area contributed by atoms with Gasteiger partial charge in [-0.15, -0.1) is 0 Å². The molecule has 1 aliphatic heterocycles. The SMILES string of the molecule is CCN1CCN(CCNCCO)CC1. The van der Waals surface area contributed by atoms with Gasteiger partial charge in [0.15, 0.2) is 0 Å². The highest BCUT2D eigenvalue weighted by atomic mass is 16.3.